The number of aromatic nitrogens is 3. The number of morpholine rings is 1. The van der Waals surface area contributed by atoms with E-state index in [0.717, 1.165) is 43.9 Å². The van der Waals surface area contributed by atoms with Crippen molar-refractivity contribution in [2.75, 3.05) is 37.7 Å². The van der Waals surface area contributed by atoms with Crippen LogP contribution in [0.3, 0.4) is 0 Å². The maximum atomic E-state index is 12.5. The Hall–Kier alpha value is -2.15. The average Bonchev–Trinajstić information content (AvgIpc) is 3.25. The Morgan fingerprint density at radius 1 is 1.23 bits per heavy atom. The van der Waals surface area contributed by atoms with E-state index in [2.05, 4.69) is 15.0 Å². The van der Waals surface area contributed by atoms with Crippen LogP contribution in [-0.4, -0.2) is 64.3 Å². The number of carbonyl (C=O) groups excluding carboxylic acids is 1. The smallest absolute Gasteiger partial charge is 0.253 e. The SMILES string of the molecule is O=C(C1CN(c2ccc3nccn3n2)CCO1)N1CCCC1. The Bertz CT molecular complexity index is 679. The molecule has 0 aliphatic carbocycles. The lowest BCUT2D eigenvalue weighted by atomic mass is 10.2. The van der Waals surface area contributed by atoms with Crippen molar-refractivity contribution in [3.8, 4) is 0 Å². The van der Waals surface area contributed by atoms with Gasteiger partial charge in [-0.2, -0.15) is 0 Å². The van der Waals surface area contributed by atoms with Crippen LogP contribution in [0.15, 0.2) is 24.5 Å². The third-order valence-electron chi connectivity index (χ3n) is 4.32. The molecular weight excluding hydrogens is 282 g/mol. The topological polar surface area (TPSA) is 63.0 Å². The maximum Gasteiger partial charge on any atom is 0.253 e. The first kappa shape index (κ1) is 13.5. The number of ether oxygens (including phenoxy) is 1. The third-order valence-corrected chi connectivity index (χ3v) is 4.32. The fraction of sp³-hybridized carbons (Fsp3) is 0.533. The summed E-state index contributed by atoms with van der Waals surface area (Å²) >= 11 is 0. The number of fused-ring (bicyclic) bond motifs is 1. The summed E-state index contributed by atoms with van der Waals surface area (Å²) in [5, 5.41) is 4.55. The van der Waals surface area contributed by atoms with Gasteiger partial charge in [-0.15, -0.1) is 5.10 Å². The second-order valence-corrected chi connectivity index (χ2v) is 5.76. The molecule has 2 aromatic heterocycles. The molecule has 0 saturated carbocycles. The summed E-state index contributed by atoms with van der Waals surface area (Å²) < 4.78 is 7.45. The van der Waals surface area contributed by atoms with Gasteiger partial charge in [0.05, 0.1) is 13.2 Å². The lowest BCUT2D eigenvalue weighted by Gasteiger charge is -2.34. The minimum Gasteiger partial charge on any atom is -0.365 e. The Morgan fingerprint density at radius 2 is 2.09 bits per heavy atom. The van der Waals surface area contributed by atoms with Crippen molar-refractivity contribution in [2.24, 2.45) is 0 Å². The van der Waals surface area contributed by atoms with Crippen molar-refractivity contribution >= 4 is 17.4 Å². The first-order valence-corrected chi connectivity index (χ1v) is 7.77. The number of anilines is 1. The highest BCUT2D eigenvalue weighted by Gasteiger charge is 2.32. The third kappa shape index (κ3) is 2.41. The van der Waals surface area contributed by atoms with Crippen LogP contribution in [0.25, 0.3) is 5.65 Å². The molecule has 0 aromatic carbocycles. The molecule has 0 bridgehead atoms. The summed E-state index contributed by atoms with van der Waals surface area (Å²) in [6.45, 7) is 3.57. The van der Waals surface area contributed by atoms with Crippen LogP contribution in [0.2, 0.25) is 0 Å². The van der Waals surface area contributed by atoms with Gasteiger partial charge in [-0.05, 0) is 25.0 Å². The van der Waals surface area contributed by atoms with Crippen LogP contribution < -0.4 is 4.90 Å². The van der Waals surface area contributed by atoms with Gasteiger partial charge in [0.2, 0.25) is 0 Å². The molecule has 7 nitrogen and oxygen atoms in total. The number of carbonyl (C=O) groups is 1. The molecule has 7 heteroatoms. The molecule has 116 valence electrons. The molecule has 0 N–H and O–H groups in total. The van der Waals surface area contributed by atoms with Gasteiger partial charge in [-0.1, -0.05) is 0 Å². The predicted molar refractivity (Wildman–Crippen MR) is 80.8 cm³/mol. The van der Waals surface area contributed by atoms with E-state index in [1.165, 1.54) is 0 Å². The number of hydrogen-bond donors (Lipinski definition) is 0. The van der Waals surface area contributed by atoms with E-state index in [0.29, 0.717) is 13.2 Å². The van der Waals surface area contributed by atoms with E-state index in [4.69, 9.17) is 4.74 Å². The fourth-order valence-electron chi connectivity index (χ4n) is 3.12. The molecule has 4 heterocycles. The largest absolute Gasteiger partial charge is 0.365 e. The summed E-state index contributed by atoms with van der Waals surface area (Å²) in [6, 6.07) is 3.89. The van der Waals surface area contributed by atoms with Gasteiger partial charge in [0, 0.05) is 32.0 Å². The maximum absolute atomic E-state index is 12.5. The fourth-order valence-corrected chi connectivity index (χ4v) is 3.12. The van der Waals surface area contributed by atoms with Crippen molar-refractivity contribution in [1.29, 1.82) is 0 Å². The van der Waals surface area contributed by atoms with E-state index in [1.807, 2.05) is 23.2 Å². The first-order valence-electron chi connectivity index (χ1n) is 7.77. The Morgan fingerprint density at radius 3 is 2.95 bits per heavy atom. The van der Waals surface area contributed by atoms with Crippen molar-refractivity contribution < 1.29 is 9.53 Å². The van der Waals surface area contributed by atoms with Crippen LogP contribution in [0, 0.1) is 0 Å². The van der Waals surface area contributed by atoms with Crippen LogP contribution in [0.5, 0.6) is 0 Å². The van der Waals surface area contributed by atoms with Gasteiger partial charge in [0.15, 0.2) is 11.8 Å². The molecule has 1 unspecified atom stereocenters. The van der Waals surface area contributed by atoms with E-state index < -0.39 is 0 Å². The van der Waals surface area contributed by atoms with Crippen LogP contribution in [-0.2, 0) is 9.53 Å². The molecule has 2 fully saturated rings. The highest BCUT2D eigenvalue weighted by atomic mass is 16.5. The van der Waals surface area contributed by atoms with Gasteiger partial charge in [0.25, 0.3) is 5.91 Å². The molecule has 0 radical (unpaired) electrons. The number of likely N-dealkylation sites (tertiary alicyclic amines) is 1. The molecule has 1 amide bonds. The molecule has 4 rings (SSSR count). The molecule has 2 saturated heterocycles. The van der Waals surface area contributed by atoms with Crippen LogP contribution in [0.4, 0.5) is 5.82 Å². The van der Waals surface area contributed by atoms with Crippen LogP contribution >= 0.6 is 0 Å². The molecule has 2 aromatic rings. The second-order valence-electron chi connectivity index (χ2n) is 5.76. The first-order chi connectivity index (χ1) is 10.8. The number of amides is 1. The molecule has 2 aliphatic rings. The zero-order valence-electron chi connectivity index (χ0n) is 12.4. The summed E-state index contributed by atoms with van der Waals surface area (Å²) in [6.07, 6.45) is 5.37. The molecular formula is C15H19N5O2. The molecule has 0 spiro atoms. The highest BCUT2D eigenvalue weighted by molar-refractivity contribution is 5.82. The van der Waals surface area contributed by atoms with E-state index in [9.17, 15) is 4.79 Å². The quantitative estimate of drug-likeness (QED) is 0.811. The summed E-state index contributed by atoms with van der Waals surface area (Å²) in [4.78, 5) is 20.7. The minimum absolute atomic E-state index is 0.117. The summed E-state index contributed by atoms with van der Waals surface area (Å²) in [7, 11) is 0. The van der Waals surface area contributed by atoms with E-state index in [-0.39, 0.29) is 12.0 Å². The Labute approximate surface area is 128 Å². The number of imidazole rings is 1. The zero-order chi connectivity index (χ0) is 14.9. The van der Waals surface area contributed by atoms with Gasteiger partial charge >= 0.3 is 0 Å². The van der Waals surface area contributed by atoms with Gasteiger partial charge in [-0.25, -0.2) is 9.50 Å². The van der Waals surface area contributed by atoms with Crippen molar-refractivity contribution in [3.05, 3.63) is 24.5 Å². The normalized spacial score (nSPS) is 22.5. The van der Waals surface area contributed by atoms with Gasteiger partial charge in [-0.3, -0.25) is 4.79 Å². The summed E-state index contributed by atoms with van der Waals surface area (Å²) in [5.41, 5.74) is 0.821. The minimum atomic E-state index is -0.382. The van der Waals surface area contributed by atoms with Crippen LogP contribution in [0.1, 0.15) is 12.8 Å². The molecule has 2 aliphatic heterocycles. The second kappa shape index (κ2) is 5.57. The van der Waals surface area contributed by atoms with E-state index >= 15 is 0 Å². The zero-order valence-corrected chi connectivity index (χ0v) is 12.4. The standard InChI is InChI=1S/C15H19N5O2/c21-15(18-6-1-2-7-18)12-11-19(9-10-22-12)14-4-3-13-16-5-8-20(13)17-14/h3-5,8,12H,1-2,6-7,9-11H2. The molecule has 1 atom stereocenters. The molecule has 22 heavy (non-hydrogen) atoms. The highest BCUT2D eigenvalue weighted by Crippen LogP contribution is 2.18. The van der Waals surface area contributed by atoms with Crippen molar-refractivity contribution in [3.63, 3.8) is 0 Å². The average molecular weight is 301 g/mol. The number of hydrogen-bond acceptors (Lipinski definition) is 5. The monoisotopic (exact) mass is 301 g/mol. The van der Waals surface area contributed by atoms with Gasteiger partial charge in [0.1, 0.15) is 5.82 Å². The Balaban J connectivity index is 1.51. The van der Waals surface area contributed by atoms with Crippen molar-refractivity contribution in [1.82, 2.24) is 19.5 Å². The number of rotatable bonds is 2. The lowest BCUT2D eigenvalue weighted by molar-refractivity contribution is -0.143. The predicted octanol–water partition coefficient (Wildman–Crippen LogP) is 0.557. The Kier molecular flexibility index (Phi) is 3.42. The van der Waals surface area contributed by atoms with Gasteiger partial charge < -0.3 is 14.5 Å². The summed E-state index contributed by atoms with van der Waals surface area (Å²) in [5.74, 6) is 0.971. The van der Waals surface area contributed by atoms with E-state index in [1.54, 1.807) is 10.7 Å². The number of nitrogens with zero attached hydrogens (tertiary/aromatic N) is 5. The van der Waals surface area contributed by atoms with Crippen molar-refractivity contribution in [2.45, 2.75) is 18.9 Å². The lowest BCUT2D eigenvalue weighted by Crippen LogP contribution is -2.50.